The Hall–Kier alpha value is -2.66. The van der Waals surface area contributed by atoms with Crippen molar-refractivity contribution < 1.29 is 14.7 Å². The number of hydrazine groups is 1. The van der Waals surface area contributed by atoms with Crippen molar-refractivity contribution in [1.82, 2.24) is 10.4 Å². The number of aliphatic carboxylic acids is 1. The first-order valence-electron chi connectivity index (χ1n) is 7.08. The van der Waals surface area contributed by atoms with Crippen LogP contribution in [0.4, 0.5) is 0 Å². The number of fused-ring (bicyclic) bond motifs is 1. The van der Waals surface area contributed by atoms with E-state index in [1.54, 1.807) is 12.1 Å². The van der Waals surface area contributed by atoms with Crippen molar-refractivity contribution in [2.24, 2.45) is 0 Å². The summed E-state index contributed by atoms with van der Waals surface area (Å²) in [5.74, 6) is -1.16. The fraction of sp³-hybridized carbons (Fsp3) is 0.176. The molecule has 0 saturated heterocycles. The van der Waals surface area contributed by atoms with Crippen molar-refractivity contribution >= 4 is 11.9 Å². The highest BCUT2D eigenvalue weighted by Gasteiger charge is 2.30. The highest BCUT2D eigenvalue weighted by molar-refractivity contribution is 5.98. The number of carbonyl (C=O) groups is 2. The van der Waals surface area contributed by atoms with Gasteiger partial charge in [0.2, 0.25) is 0 Å². The van der Waals surface area contributed by atoms with E-state index in [2.05, 4.69) is 5.43 Å². The van der Waals surface area contributed by atoms with Crippen molar-refractivity contribution in [2.45, 2.75) is 19.0 Å². The van der Waals surface area contributed by atoms with Crippen molar-refractivity contribution in [2.75, 3.05) is 0 Å². The Morgan fingerprint density at radius 1 is 1.14 bits per heavy atom. The van der Waals surface area contributed by atoms with Crippen molar-refractivity contribution in [3.05, 3.63) is 71.3 Å². The first-order chi connectivity index (χ1) is 10.6. The molecule has 0 spiro atoms. The van der Waals surface area contributed by atoms with Crippen LogP contribution in [-0.2, 0) is 17.8 Å². The van der Waals surface area contributed by atoms with Crippen LogP contribution in [0, 0.1) is 0 Å². The first kappa shape index (κ1) is 14.3. The fourth-order valence-electron chi connectivity index (χ4n) is 2.58. The smallest absolute Gasteiger partial charge is 0.322 e. The van der Waals surface area contributed by atoms with Crippen LogP contribution >= 0.6 is 0 Å². The lowest BCUT2D eigenvalue weighted by Crippen LogP contribution is -2.49. The zero-order valence-corrected chi connectivity index (χ0v) is 11.9. The van der Waals surface area contributed by atoms with E-state index in [1.807, 2.05) is 42.5 Å². The molecule has 3 rings (SSSR count). The van der Waals surface area contributed by atoms with E-state index in [-0.39, 0.29) is 5.91 Å². The van der Waals surface area contributed by atoms with E-state index in [0.717, 1.165) is 11.1 Å². The summed E-state index contributed by atoms with van der Waals surface area (Å²) in [4.78, 5) is 23.7. The minimum Gasteiger partial charge on any atom is -0.480 e. The Labute approximate surface area is 128 Å². The van der Waals surface area contributed by atoms with Gasteiger partial charge in [-0.3, -0.25) is 14.6 Å². The minimum atomic E-state index is -0.979. The van der Waals surface area contributed by atoms with Gasteiger partial charge in [0.05, 0.1) is 6.54 Å². The average molecular weight is 296 g/mol. The Bertz CT molecular complexity index is 700. The highest BCUT2D eigenvalue weighted by Crippen LogP contribution is 2.21. The predicted molar refractivity (Wildman–Crippen MR) is 81.0 cm³/mol. The summed E-state index contributed by atoms with van der Waals surface area (Å²) in [6, 6.07) is 15.8. The standard InChI is InChI=1S/C17H16N2O3/c20-16-14-9-5-4-8-13(14)11-19(16)18-15(17(21)22)10-12-6-2-1-3-7-12/h1-9,15,18H,10-11H2,(H,21,22)/t15-/m0/s1. The van der Waals surface area contributed by atoms with E-state index in [1.165, 1.54) is 5.01 Å². The van der Waals surface area contributed by atoms with Gasteiger partial charge in [0.15, 0.2) is 0 Å². The second-order valence-corrected chi connectivity index (χ2v) is 5.26. The number of carboxylic acids is 1. The van der Waals surface area contributed by atoms with Gasteiger partial charge in [-0.15, -0.1) is 0 Å². The maximum atomic E-state index is 12.3. The molecule has 2 aromatic rings. The zero-order valence-electron chi connectivity index (χ0n) is 11.9. The molecule has 0 saturated carbocycles. The number of amides is 1. The third-order valence-corrected chi connectivity index (χ3v) is 3.71. The lowest BCUT2D eigenvalue weighted by atomic mass is 10.1. The van der Waals surface area contributed by atoms with Gasteiger partial charge in [-0.2, -0.15) is 0 Å². The van der Waals surface area contributed by atoms with E-state index < -0.39 is 12.0 Å². The number of benzene rings is 2. The van der Waals surface area contributed by atoms with Crippen LogP contribution in [0.3, 0.4) is 0 Å². The topological polar surface area (TPSA) is 69.6 Å². The summed E-state index contributed by atoms with van der Waals surface area (Å²) in [5, 5.41) is 10.8. The van der Waals surface area contributed by atoms with Crippen LogP contribution < -0.4 is 5.43 Å². The Balaban J connectivity index is 1.73. The van der Waals surface area contributed by atoms with Crippen LogP contribution in [0.2, 0.25) is 0 Å². The minimum absolute atomic E-state index is 0.185. The SMILES string of the molecule is O=C(O)[C@H](Cc1ccccc1)NN1Cc2ccccc2C1=O. The first-order valence-corrected chi connectivity index (χ1v) is 7.08. The molecule has 1 heterocycles. The maximum Gasteiger partial charge on any atom is 0.322 e. The van der Waals surface area contributed by atoms with Crippen molar-refractivity contribution in [1.29, 1.82) is 0 Å². The van der Waals surface area contributed by atoms with Crippen LogP contribution in [0.25, 0.3) is 0 Å². The summed E-state index contributed by atoms with van der Waals surface area (Å²) in [5.41, 5.74) is 5.28. The highest BCUT2D eigenvalue weighted by atomic mass is 16.4. The molecule has 2 aromatic carbocycles. The molecule has 112 valence electrons. The molecule has 22 heavy (non-hydrogen) atoms. The number of carboxylic acid groups (broad SMARTS) is 1. The Morgan fingerprint density at radius 3 is 2.50 bits per heavy atom. The monoisotopic (exact) mass is 296 g/mol. The van der Waals surface area contributed by atoms with Gasteiger partial charge in [-0.25, -0.2) is 5.43 Å². The molecule has 1 atom stereocenters. The number of nitrogens with zero attached hydrogens (tertiary/aromatic N) is 1. The molecule has 5 heteroatoms. The number of rotatable bonds is 5. The second kappa shape index (κ2) is 5.99. The molecule has 2 N–H and O–H groups in total. The van der Waals surface area contributed by atoms with E-state index in [0.29, 0.717) is 18.5 Å². The summed E-state index contributed by atoms with van der Waals surface area (Å²) in [7, 11) is 0. The number of hydrogen-bond donors (Lipinski definition) is 2. The van der Waals surface area contributed by atoms with Crippen LogP contribution in [-0.4, -0.2) is 28.0 Å². The number of carbonyl (C=O) groups excluding carboxylic acids is 1. The summed E-state index contributed by atoms with van der Waals surface area (Å²) in [6.45, 7) is 0.383. The molecule has 0 unspecified atom stereocenters. The second-order valence-electron chi connectivity index (χ2n) is 5.26. The molecular formula is C17H16N2O3. The van der Waals surface area contributed by atoms with Gasteiger partial charge >= 0.3 is 5.97 Å². The molecule has 1 aliphatic heterocycles. The summed E-state index contributed by atoms with van der Waals surface area (Å²) in [6.07, 6.45) is 0.316. The molecule has 1 aliphatic rings. The normalized spacial score (nSPS) is 14.7. The third-order valence-electron chi connectivity index (χ3n) is 3.71. The van der Waals surface area contributed by atoms with E-state index >= 15 is 0 Å². The molecular weight excluding hydrogens is 280 g/mol. The Morgan fingerprint density at radius 2 is 1.82 bits per heavy atom. The van der Waals surface area contributed by atoms with Crippen molar-refractivity contribution in [3.63, 3.8) is 0 Å². The maximum absolute atomic E-state index is 12.3. The summed E-state index contributed by atoms with van der Waals surface area (Å²) < 4.78 is 0. The van der Waals surface area contributed by atoms with Crippen LogP contribution in [0.1, 0.15) is 21.5 Å². The molecule has 1 amide bonds. The predicted octanol–water partition coefficient (Wildman–Crippen LogP) is 1.84. The van der Waals surface area contributed by atoms with E-state index in [9.17, 15) is 14.7 Å². The molecule has 0 radical (unpaired) electrons. The average Bonchev–Trinajstić information content (AvgIpc) is 2.84. The molecule has 0 bridgehead atoms. The molecule has 0 aromatic heterocycles. The molecule has 0 aliphatic carbocycles. The van der Waals surface area contributed by atoms with E-state index in [4.69, 9.17) is 0 Å². The quantitative estimate of drug-likeness (QED) is 0.883. The van der Waals surface area contributed by atoms with Gasteiger partial charge in [0.25, 0.3) is 5.91 Å². The van der Waals surface area contributed by atoms with Gasteiger partial charge in [-0.05, 0) is 17.2 Å². The molecule has 0 fully saturated rings. The van der Waals surface area contributed by atoms with Gasteiger partial charge in [0.1, 0.15) is 6.04 Å². The van der Waals surface area contributed by atoms with Gasteiger partial charge in [0, 0.05) is 12.0 Å². The number of hydrogen-bond acceptors (Lipinski definition) is 3. The third kappa shape index (κ3) is 2.84. The largest absolute Gasteiger partial charge is 0.480 e. The Kier molecular flexibility index (Phi) is 3.89. The van der Waals surface area contributed by atoms with Crippen LogP contribution in [0.15, 0.2) is 54.6 Å². The summed E-state index contributed by atoms with van der Waals surface area (Å²) >= 11 is 0. The lowest BCUT2D eigenvalue weighted by Gasteiger charge is -2.22. The number of nitrogens with one attached hydrogen (secondary N) is 1. The lowest BCUT2D eigenvalue weighted by molar-refractivity contribution is -0.140. The molecule has 5 nitrogen and oxygen atoms in total. The fourth-order valence-corrected chi connectivity index (χ4v) is 2.58. The van der Waals surface area contributed by atoms with Gasteiger partial charge < -0.3 is 5.11 Å². The van der Waals surface area contributed by atoms with Crippen molar-refractivity contribution in [3.8, 4) is 0 Å². The van der Waals surface area contributed by atoms with Crippen LogP contribution in [0.5, 0.6) is 0 Å². The van der Waals surface area contributed by atoms with Gasteiger partial charge in [-0.1, -0.05) is 48.5 Å². The zero-order chi connectivity index (χ0) is 15.5.